The zero-order valence-corrected chi connectivity index (χ0v) is 10.8. The highest BCUT2D eigenvalue weighted by Crippen LogP contribution is 2.09. The fraction of sp³-hybridized carbons (Fsp3) is 0.273. The molecule has 0 aliphatic carbocycles. The van der Waals surface area contributed by atoms with Crippen molar-refractivity contribution in [2.75, 3.05) is 0 Å². The molecule has 0 aromatic carbocycles. The lowest BCUT2D eigenvalue weighted by Crippen LogP contribution is -2.41. The summed E-state index contributed by atoms with van der Waals surface area (Å²) < 4.78 is 0. The number of rotatable bonds is 6. The van der Waals surface area contributed by atoms with Gasteiger partial charge in [-0.3, -0.25) is 9.59 Å². The maximum Gasteiger partial charge on any atom is 0.326 e. The molecule has 8 heteroatoms. The number of carbonyl (C=O) groups excluding carboxylic acids is 1. The number of aliphatic carboxylic acids is 2. The molecule has 19 heavy (non-hydrogen) atoms. The average molecular weight is 284 g/mol. The number of hydrogen-bond acceptors (Lipinski definition) is 5. The molecule has 1 unspecified atom stereocenters. The normalized spacial score (nSPS) is 12.3. The van der Waals surface area contributed by atoms with Crippen LogP contribution < -0.4 is 5.32 Å². The maximum atomic E-state index is 11.4. The first-order valence-corrected chi connectivity index (χ1v) is 6.11. The summed E-state index contributed by atoms with van der Waals surface area (Å²) in [6, 6.07) is -1.45. The van der Waals surface area contributed by atoms with Crippen LogP contribution in [0.2, 0.25) is 0 Å². The number of carboxylic acid groups (broad SMARTS) is 2. The smallest absolute Gasteiger partial charge is 0.326 e. The van der Waals surface area contributed by atoms with E-state index in [1.807, 2.05) is 6.92 Å². The van der Waals surface area contributed by atoms with Crippen LogP contribution in [-0.4, -0.2) is 39.1 Å². The van der Waals surface area contributed by atoms with E-state index in [0.717, 1.165) is 11.1 Å². The first-order chi connectivity index (χ1) is 8.88. The molecule has 0 saturated carbocycles. The lowest BCUT2D eigenvalue weighted by Gasteiger charge is -2.10. The van der Waals surface area contributed by atoms with Gasteiger partial charge in [0, 0.05) is 11.5 Å². The molecule has 0 radical (unpaired) electrons. The summed E-state index contributed by atoms with van der Waals surface area (Å²) in [7, 11) is 0. The van der Waals surface area contributed by atoms with Gasteiger partial charge < -0.3 is 15.5 Å². The van der Waals surface area contributed by atoms with Crippen LogP contribution in [0.5, 0.6) is 0 Å². The van der Waals surface area contributed by atoms with E-state index in [2.05, 4.69) is 10.3 Å². The lowest BCUT2D eigenvalue weighted by atomic mass is 10.2. The topological polar surface area (TPSA) is 117 Å². The molecule has 3 N–H and O–H groups in total. The third-order valence-corrected chi connectivity index (χ3v) is 2.83. The van der Waals surface area contributed by atoms with Crippen molar-refractivity contribution in [2.24, 2.45) is 0 Å². The molecule has 1 heterocycles. The van der Waals surface area contributed by atoms with E-state index in [1.54, 1.807) is 5.38 Å². The molecule has 7 nitrogen and oxygen atoms in total. The fourth-order valence-electron chi connectivity index (χ4n) is 1.21. The van der Waals surface area contributed by atoms with Crippen molar-refractivity contribution < 1.29 is 24.6 Å². The van der Waals surface area contributed by atoms with Gasteiger partial charge in [0.1, 0.15) is 6.04 Å². The number of aryl methyl sites for hydroxylation is 1. The van der Waals surface area contributed by atoms with Gasteiger partial charge in [0.05, 0.1) is 17.1 Å². The van der Waals surface area contributed by atoms with Crippen LogP contribution >= 0.6 is 11.3 Å². The number of aromatic nitrogens is 1. The SMILES string of the molecule is Cc1nc(/C=C/C(=O)NC(CC(=O)O)C(=O)O)cs1. The lowest BCUT2D eigenvalue weighted by molar-refractivity contribution is -0.146. The fourth-order valence-corrected chi connectivity index (χ4v) is 1.79. The Morgan fingerprint density at radius 1 is 1.47 bits per heavy atom. The van der Waals surface area contributed by atoms with Gasteiger partial charge in [-0.2, -0.15) is 0 Å². The van der Waals surface area contributed by atoms with Crippen LogP contribution in [0, 0.1) is 6.92 Å². The predicted molar refractivity (Wildman–Crippen MR) is 67.7 cm³/mol. The van der Waals surface area contributed by atoms with Crippen LogP contribution in [0.15, 0.2) is 11.5 Å². The largest absolute Gasteiger partial charge is 0.481 e. The average Bonchev–Trinajstić information content (AvgIpc) is 2.71. The Balaban J connectivity index is 2.60. The Hall–Kier alpha value is -2.22. The minimum atomic E-state index is -1.45. The molecule has 1 rings (SSSR count). The second-order valence-corrected chi connectivity index (χ2v) is 4.68. The molecule has 0 bridgehead atoms. The number of thiazole rings is 1. The third-order valence-electron chi connectivity index (χ3n) is 2.04. The Bertz CT molecular complexity index is 523. The molecule has 0 spiro atoms. The van der Waals surface area contributed by atoms with Crippen LogP contribution in [0.25, 0.3) is 6.08 Å². The highest BCUT2D eigenvalue weighted by molar-refractivity contribution is 7.09. The summed E-state index contributed by atoms with van der Waals surface area (Å²) >= 11 is 1.42. The minimum absolute atomic E-state index is 0.586. The second-order valence-electron chi connectivity index (χ2n) is 3.62. The molecule has 1 aromatic heterocycles. The number of carbonyl (C=O) groups is 3. The Kier molecular flexibility index (Phi) is 5.19. The number of nitrogens with one attached hydrogen (secondary N) is 1. The van der Waals surface area contributed by atoms with Gasteiger partial charge in [-0.05, 0) is 13.0 Å². The van der Waals surface area contributed by atoms with Crippen LogP contribution in [-0.2, 0) is 14.4 Å². The summed E-state index contributed by atoms with van der Waals surface area (Å²) in [6.45, 7) is 1.81. The zero-order chi connectivity index (χ0) is 14.4. The summed E-state index contributed by atoms with van der Waals surface area (Å²) in [4.78, 5) is 36.7. The van der Waals surface area contributed by atoms with Crippen LogP contribution in [0.4, 0.5) is 0 Å². The summed E-state index contributed by atoms with van der Waals surface area (Å²) in [5.74, 6) is -3.38. The van der Waals surface area contributed by atoms with Gasteiger partial charge in [-0.25, -0.2) is 9.78 Å². The van der Waals surface area contributed by atoms with E-state index in [0.29, 0.717) is 5.69 Å². The molecule has 1 amide bonds. The van der Waals surface area contributed by atoms with Gasteiger partial charge in [0.2, 0.25) is 5.91 Å². The number of amides is 1. The number of carboxylic acids is 2. The highest BCUT2D eigenvalue weighted by atomic mass is 32.1. The van der Waals surface area contributed by atoms with E-state index in [9.17, 15) is 14.4 Å². The van der Waals surface area contributed by atoms with Crippen molar-refractivity contribution in [3.8, 4) is 0 Å². The van der Waals surface area contributed by atoms with Crippen molar-refractivity contribution in [1.29, 1.82) is 0 Å². The van der Waals surface area contributed by atoms with Crippen molar-refractivity contribution in [3.05, 3.63) is 22.2 Å². The third kappa shape index (κ3) is 5.30. The highest BCUT2D eigenvalue weighted by Gasteiger charge is 2.21. The molecule has 0 saturated heterocycles. The van der Waals surface area contributed by atoms with Gasteiger partial charge in [0.15, 0.2) is 0 Å². The summed E-state index contributed by atoms with van der Waals surface area (Å²) in [5.41, 5.74) is 0.586. The van der Waals surface area contributed by atoms with Crippen molar-refractivity contribution >= 4 is 35.3 Å². The van der Waals surface area contributed by atoms with E-state index < -0.39 is 30.3 Å². The molecule has 102 valence electrons. The van der Waals surface area contributed by atoms with E-state index in [4.69, 9.17) is 10.2 Å². The summed E-state index contributed by atoms with van der Waals surface area (Å²) in [5, 5.41) is 21.9. The maximum absolute atomic E-state index is 11.4. The Labute approximate surface area is 112 Å². The first kappa shape index (κ1) is 14.8. The van der Waals surface area contributed by atoms with Crippen LogP contribution in [0.3, 0.4) is 0 Å². The predicted octanol–water partition coefficient (Wildman–Crippen LogP) is 0.509. The summed E-state index contributed by atoms with van der Waals surface area (Å²) in [6.07, 6.45) is 1.87. The zero-order valence-electron chi connectivity index (χ0n) is 9.99. The number of nitrogens with zero attached hydrogens (tertiary/aromatic N) is 1. The molecule has 1 atom stereocenters. The standard InChI is InChI=1S/C11H12N2O5S/c1-6-12-7(5-19-6)2-3-9(14)13-8(11(17)18)4-10(15)16/h2-3,5,8H,4H2,1H3,(H,13,14)(H,15,16)(H,17,18)/b3-2+. The van der Waals surface area contributed by atoms with Crippen molar-refractivity contribution in [1.82, 2.24) is 10.3 Å². The van der Waals surface area contributed by atoms with Gasteiger partial charge in [-0.15, -0.1) is 11.3 Å². The Morgan fingerprint density at radius 3 is 2.63 bits per heavy atom. The van der Waals surface area contributed by atoms with Crippen molar-refractivity contribution in [3.63, 3.8) is 0 Å². The van der Waals surface area contributed by atoms with E-state index in [1.165, 1.54) is 17.4 Å². The molecule has 0 fully saturated rings. The molecule has 0 aliphatic heterocycles. The van der Waals surface area contributed by atoms with Gasteiger partial charge in [0.25, 0.3) is 0 Å². The molecule has 0 aliphatic rings. The Morgan fingerprint density at radius 2 is 2.16 bits per heavy atom. The monoisotopic (exact) mass is 284 g/mol. The molecule has 1 aromatic rings. The van der Waals surface area contributed by atoms with Gasteiger partial charge >= 0.3 is 11.9 Å². The van der Waals surface area contributed by atoms with E-state index in [-0.39, 0.29) is 0 Å². The minimum Gasteiger partial charge on any atom is -0.481 e. The molecular weight excluding hydrogens is 272 g/mol. The second kappa shape index (κ2) is 6.64. The van der Waals surface area contributed by atoms with Crippen molar-refractivity contribution in [2.45, 2.75) is 19.4 Å². The quantitative estimate of drug-likeness (QED) is 0.655. The number of hydrogen-bond donors (Lipinski definition) is 3. The first-order valence-electron chi connectivity index (χ1n) is 5.24. The van der Waals surface area contributed by atoms with Crippen LogP contribution in [0.1, 0.15) is 17.1 Å². The molecular formula is C11H12N2O5S. The van der Waals surface area contributed by atoms with Gasteiger partial charge in [-0.1, -0.05) is 0 Å². The van der Waals surface area contributed by atoms with E-state index >= 15 is 0 Å².